The second-order valence-electron chi connectivity index (χ2n) is 3.91. The maximum Gasteiger partial charge on any atom is 0.507 e. The summed E-state index contributed by atoms with van der Waals surface area (Å²) in [7, 11) is 3.06. The fourth-order valence-electron chi connectivity index (χ4n) is 2.03. The fourth-order valence-corrected chi connectivity index (χ4v) is 5.52. The molecular formula is C11H17ClO5SSi. The average Bonchev–Trinajstić information content (AvgIpc) is 2.40. The Morgan fingerprint density at radius 3 is 2.00 bits per heavy atom. The van der Waals surface area contributed by atoms with E-state index in [1.807, 2.05) is 0 Å². The van der Waals surface area contributed by atoms with Crippen LogP contribution in [0.4, 0.5) is 0 Å². The Balaban J connectivity index is 3.38. The molecule has 0 aliphatic heterocycles. The zero-order valence-electron chi connectivity index (χ0n) is 11.2. The molecule has 0 fully saturated rings. The molecule has 0 heterocycles. The lowest BCUT2D eigenvalue weighted by Gasteiger charge is -2.31. The summed E-state index contributed by atoms with van der Waals surface area (Å²) in [5.41, 5.74) is 0.159. The molecule has 1 aromatic carbocycles. The molecular weight excluding hydrogens is 308 g/mol. The van der Waals surface area contributed by atoms with Crippen LogP contribution in [-0.2, 0) is 22.3 Å². The summed E-state index contributed by atoms with van der Waals surface area (Å²) in [6.45, 7) is 1.80. The Morgan fingerprint density at radius 1 is 1.11 bits per heavy atom. The molecule has 0 aliphatic carbocycles. The summed E-state index contributed by atoms with van der Waals surface area (Å²) >= 11 is 0. The summed E-state index contributed by atoms with van der Waals surface area (Å²) in [5, 5.41) is 0. The van der Waals surface area contributed by atoms with Crippen molar-refractivity contribution in [3.63, 3.8) is 0 Å². The van der Waals surface area contributed by atoms with Crippen molar-refractivity contribution < 1.29 is 21.7 Å². The maximum absolute atomic E-state index is 11.6. The molecule has 108 valence electrons. The first-order valence-corrected chi connectivity index (χ1v) is 9.62. The molecule has 0 aliphatic rings. The highest BCUT2D eigenvalue weighted by Crippen LogP contribution is 2.33. The zero-order valence-corrected chi connectivity index (χ0v) is 13.8. The minimum absolute atomic E-state index is 0.0483. The van der Waals surface area contributed by atoms with E-state index in [9.17, 15) is 8.42 Å². The molecule has 5 nitrogen and oxygen atoms in total. The van der Waals surface area contributed by atoms with Gasteiger partial charge in [-0.15, -0.1) is 0 Å². The predicted octanol–water partition coefficient (Wildman–Crippen LogP) is 2.13. The van der Waals surface area contributed by atoms with Gasteiger partial charge in [-0.05, 0) is 11.6 Å². The number of halogens is 1. The van der Waals surface area contributed by atoms with Crippen LogP contribution in [0.15, 0.2) is 29.2 Å². The minimum atomic E-state index is -3.84. The first-order chi connectivity index (χ1) is 8.82. The topological polar surface area (TPSA) is 61.8 Å². The number of rotatable bonds is 6. The summed E-state index contributed by atoms with van der Waals surface area (Å²) in [4.78, 5) is 0.0483. The monoisotopic (exact) mass is 324 g/mol. The third kappa shape index (κ3) is 3.36. The molecule has 0 aromatic heterocycles. The van der Waals surface area contributed by atoms with E-state index in [-0.39, 0.29) is 10.4 Å². The average molecular weight is 325 g/mol. The Labute approximate surface area is 119 Å². The third-order valence-electron chi connectivity index (χ3n) is 3.03. The standard InChI is InChI=1S/C11H17ClO5SSi/c1-9(19(15-2,16-3)17-4)10-7-5-6-8-11(10)18(12,13)14/h5-9H,1-4H3. The number of hydrogen-bond donors (Lipinski definition) is 0. The van der Waals surface area contributed by atoms with E-state index in [4.69, 9.17) is 24.0 Å². The predicted molar refractivity (Wildman–Crippen MR) is 74.7 cm³/mol. The van der Waals surface area contributed by atoms with Crippen LogP contribution in [0.2, 0.25) is 0 Å². The molecule has 0 radical (unpaired) electrons. The molecule has 0 spiro atoms. The van der Waals surface area contributed by atoms with Crippen LogP contribution < -0.4 is 0 Å². The molecule has 0 bridgehead atoms. The molecule has 19 heavy (non-hydrogen) atoms. The molecule has 0 N–H and O–H groups in total. The second-order valence-corrected chi connectivity index (χ2v) is 9.75. The van der Waals surface area contributed by atoms with Gasteiger partial charge in [0.25, 0.3) is 9.05 Å². The summed E-state index contributed by atoms with van der Waals surface area (Å²) in [5.74, 6) is 0. The lowest BCUT2D eigenvalue weighted by atomic mass is 10.2. The minimum Gasteiger partial charge on any atom is -0.376 e. The van der Waals surface area contributed by atoms with Crippen LogP contribution in [0.1, 0.15) is 18.0 Å². The highest BCUT2D eigenvalue weighted by Gasteiger charge is 2.46. The quantitative estimate of drug-likeness (QED) is 0.592. The van der Waals surface area contributed by atoms with Gasteiger partial charge >= 0.3 is 8.80 Å². The van der Waals surface area contributed by atoms with Gasteiger partial charge in [0.05, 0.1) is 10.4 Å². The normalized spacial score (nSPS) is 14.4. The van der Waals surface area contributed by atoms with Crippen molar-refractivity contribution >= 4 is 28.5 Å². The molecule has 0 amide bonds. The van der Waals surface area contributed by atoms with Gasteiger partial charge < -0.3 is 13.3 Å². The van der Waals surface area contributed by atoms with Gasteiger partial charge in [0.15, 0.2) is 0 Å². The van der Waals surface area contributed by atoms with E-state index in [0.717, 1.165) is 0 Å². The summed E-state index contributed by atoms with van der Waals surface area (Å²) in [6, 6.07) is 6.48. The number of hydrogen-bond acceptors (Lipinski definition) is 5. The van der Waals surface area contributed by atoms with Crippen LogP contribution in [0.5, 0.6) is 0 Å². The van der Waals surface area contributed by atoms with Crippen LogP contribution in [0.25, 0.3) is 0 Å². The van der Waals surface area contributed by atoms with Crippen molar-refractivity contribution in [3.8, 4) is 0 Å². The van der Waals surface area contributed by atoms with Crippen molar-refractivity contribution in [2.45, 2.75) is 17.4 Å². The van der Waals surface area contributed by atoms with Gasteiger partial charge in [-0.3, -0.25) is 0 Å². The maximum atomic E-state index is 11.6. The van der Waals surface area contributed by atoms with Gasteiger partial charge in [0.1, 0.15) is 0 Å². The van der Waals surface area contributed by atoms with E-state index in [1.165, 1.54) is 27.4 Å². The van der Waals surface area contributed by atoms with E-state index in [0.29, 0.717) is 5.56 Å². The van der Waals surface area contributed by atoms with Gasteiger partial charge in [0.2, 0.25) is 0 Å². The molecule has 1 rings (SSSR count). The molecule has 1 aromatic rings. The summed E-state index contributed by atoms with van der Waals surface area (Å²) < 4.78 is 39.3. The highest BCUT2D eigenvalue weighted by atomic mass is 35.7. The molecule has 1 atom stereocenters. The van der Waals surface area contributed by atoms with Crippen LogP contribution >= 0.6 is 10.7 Å². The number of benzene rings is 1. The van der Waals surface area contributed by atoms with Gasteiger partial charge in [-0.25, -0.2) is 8.42 Å². The highest BCUT2D eigenvalue weighted by molar-refractivity contribution is 8.13. The van der Waals surface area contributed by atoms with Crippen LogP contribution in [0.3, 0.4) is 0 Å². The Morgan fingerprint density at radius 2 is 1.58 bits per heavy atom. The van der Waals surface area contributed by atoms with Crippen molar-refractivity contribution in [3.05, 3.63) is 29.8 Å². The molecule has 1 unspecified atom stereocenters. The Hall–Kier alpha value is -0.443. The van der Waals surface area contributed by atoms with E-state index in [1.54, 1.807) is 25.1 Å². The van der Waals surface area contributed by atoms with Gasteiger partial charge in [-0.1, -0.05) is 25.1 Å². The van der Waals surface area contributed by atoms with E-state index in [2.05, 4.69) is 0 Å². The van der Waals surface area contributed by atoms with Crippen molar-refractivity contribution in [2.24, 2.45) is 0 Å². The van der Waals surface area contributed by atoms with E-state index >= 15 is 0 Å². The summed E-state index contributed by atoms with van der Waals surface area (Å²) in [6.07, 6.45) is 0. The van der Waals surface area contributed by atoms with Crippen LogP contribution in [0, 0.1) is 0 Å². The smallest absolute Gasteiger partial charge is 0.376 e. The lowest BCUT2D eigenvalue weighted by molar-refractivity contribution is 0.114. The molecule has 8 heteroatoms. The van der Waals surface area contributed by atoms with E-state index < -0.39 is 17.9 Å². The first-order valence-electron chi connectivity index (χ1n) is 5.51. The zero-order chi connectivity index (χ0) is 14.7. The van der Waals surface area contributed by atoms with Crippen molar-refractivity contribution in [1.82, 2.24) is 0 Å². The lowest BCUT2D eigenvalue weighted by Crippen LogP contribution is -2.48. The van der Waals surface area contributed by atoms with Gasteiger partial charge in [0, 0.05) is 32.0 Å². The largest absolute Gasteiger partial charge is 0.507 e. The SMILES string of the molecule is CO[Si](OC)(OC)C(C)c1ccccc1S(=O)(=O)Cl. The van der Waals surface area contributed by atoms with Crippen molar-refractivity contribution in [2.75, 3.05) is 21.3 Å². The van der Waals surface area contributed by atoms with Crippen LogP contribution in [-0.4, -0.2) is 38.6 Å². The van der Waals surface area contributed by atoms with Gasteiger partial charge in [-0.2, -0.15) is 0 Å². The van der Waals surface area contributed by atoms with Crippen molar-refractivity contribution in [1.29, 1.82) is 0 Å². The molecule has 0 saturated heterocycles. The Bertz CT molecular complexity index is 521. The second kappa shape index (κ2) is 6.34. The molecule has 0 saturated carbocycles. The Kier molecular flexibility index (Phi) is 5.54. The third-order valence-corrected chi connectivity index (χ3v) is 7.51. The first kappa shape index (κ1) is 16.6. The fraction of sp³-hybridized carbons (Fsp3) is 0.455.